The van der Waals surface area contributed by atoms with Gasteiger partial charge in [0, 0.05) is 12.5 Å². The van der Waals surface area contributed by atoms with Gasteiger partial charge in [-0.25, -0.2) is 14.0 Å². The number of carbonyl (C=O) groups excluding carboxylic acids is 2. The SMILES string of the molecule is CC(C)(C)OC(=O)NC1([C@H]2CN(C(=O)OCc3ccccc3)C[C@@H]2F)CC1. The molecule has 0 bridgehead atoms. The Labute approximate surface area is 159 Å². The smallest absolute Gasteiger partial charge is 0.410 e. The summed E-state index contributed by atoms with van der Waals surface area (Å²) in [6, 6.07) is 9.35. The average Bonchev–Trinajstić information content (AvgIpc) is 3.24. The van der Waals surface area contributed by atoms with Gasteiger partial charge in [-0.1, -0.05) is 30.3 Å². The minimum absolute atomic E-state index is 0.0178. The number of nitrogens with zero attached hydrogens (tertiary/aromatic N) is 1. The van der Waals surface area contributed by atoms with Gasteiger partial charge in [-0.2, -0.15) is 0 Å². The molecule has 0 spiro atoms. The summed E-state index contributed by atoms with van der Waals surface area (Å²) in [5, 5.41) is 2.83. The van der Waals surface area contributed by atoms with Crippen LogP contribution in [0.3, 0.4) is 0 Å². The molecular formula is C20H27FN2O4. The van der Waals surface area contributed by atoms with Crippen LogP contribution >= 0.6 is 0 Å². The third kappa shape index (κ3) is 4.90. The number of ether oxygens (including phenoxy) is 2. The predicted molar refractivity (Wildman–Crippen MR) is 97.9 cm³/mol. The van der Waals surface area contributed by atoms with Crippen molar-refractivity contribution in [2.24, 2.45) is 5.92 Å². The number of carbonyl (C=O) groups is 2. The van der Waals surface area contributed by atoms with Gasteiger partial charge in [0.1, 0.15) is 18.4 Å². The number of alkyl carbamates (subject to hydrolysis) is 1. The summed E-state index contributed by atoms with van der Waals surface area (Å²) < 4.78 is 25.2. The van der Waals surface area contributed by atoms with Crippen molar-refractivity contribution in [2.45, 2.75) is 57.5 Å². The van der Waals surface area contributed by atoms with Crippen molar-refractivity contribution in [1.29, 1.82) is 0 Å². The fourth-order valence-electron chi connectivity index (χ4n) is 3.47. The Morgan fingerprint density at radius 3 is 2.48 bits per heavy atom. The second-order valence-electron chi connectivity index (χ2n) is 8.35. The largest absolute Gasteiger partial charge is 0.445 e. The predicted octanol–water partition coefficient (Wildman–Crippen LogP) is 3.65. The standard InChI is InChI=1S/C20H27FN2O4/c1-19(2,3)27-17(24)22-20(9-10-20)15-11-23(12-16(15)21)18(25)26-13-14-7-5-4-6-8-14/h4-8,15-16H,9-13H2,1-3H3,(H,22,24)/t15-,16-/m0/s1. The topological polar surface area (TPSA) is 67.9 Å². The van der Waals surface area contributed by atoms with E-state index in [1.165, 1.54) is 4.90 Å². The van der Waals surface area contributed by atoms with Crippen molar-refractivity contribution < 1.29 is 23.5 Å². The fourth-order valence-corrected chi connectivity index (χ4v) is 3.47. The molecule has 1 aliphatic carbocycles. The maximum absolute atomic E-state index is 14.6. The van der Waals surface area contributed by atoms with Crippen LogP contribution in [0.15, 0.2) is 30.3 Å². The third-order valence-electron chi connectivity index (χ3n) is 4.96. The molecule has 0 aromatic heterocycles. The molecule has 6 nitrogen and oxygen atoms in total. The second kappa shape index (κ2) is 7.37. The van der Waals surface area contributed by atoms with Crippen molar-refractivity contribution >= 4 is 12.2 Å². The molecule has 1 N–H and O–H groups in total. The molecule has 2 fully saturated rings. The van der Waals surface area contributed by atoms with E-state index >= 15 is 0 Å². The van der Waals surface area contributed by atoms with Crippen molar-refractivity contribution in [2.75, 3.05) is 13.1 Å². The first kappa shape index (κ1) is 19.5. The fraction of sp³-hybridized carbons (Fsp3) is 0.600. The summed E-state index contributed by atoms with van der Waals surface area (Å²) in [5.74, 6) is -0.450. The molecule has 0 unspecified atom stereocenters. The van der Waals surface area contributed by atoms with Crippen molar-refractivity contribution in [3.8, 4) is 0 Å². The minimum Gasteiger partial charge on any atom is -0.445 e. The highest BCUT2D eigenvalue weighted by atomic mass is 19.1. The van der Waals surface area contributed by atoms with E-state index in [4.69, 9.17) is 9.47 Å². The minimum atomic E-state index is -1.20. The molecule has 148 valence electrons. The first-order chi connectivity index (χ1) is 12.7. The van der Waals surface area contributed by atoms with Crippen LogP contribution in [0.5, 0.6) is 0 Å². The van der Waals surface area contributed by atoms with Gasteiger partial charge in [0.05, 0.1) is 12.1 Å². The Kier molecular flexibility index (Phi) is 5.31. The molecule has 2 amide bonds. The Hall–Kier alpha value is -2.31. The molecule has 7 heteroatoms. The van der Waals surface area contributed by atoms with E-state index in [0.717, 1.165) is 5.56 Å². The van der Waals surface area contributed by atoms with Gasteiger partial charge in [0.25, 0.3) is 0 Å². The number of alkyl halides is 1. The summed E-state index contributed by atoms with van der Waals surface area (Å²) in [7, 11) is 0. The number of nitrogens with one attached hydrogen (secondary N) is 1. The molecule has 1 heterocycles. The molecule has 2 atom stereocenters. The lowest BCUT2D eigenvalue weighted by atomic mass is 9.95. The lowest BCUT2D eigenvalue weighted by Crippen LogP contribution is -2.48. The molecule has 1 aromatic rings. The molecule has 1 saturated heterocycles. The van der Waals surface area contributed by atoms with E-state index in [0.29, 0.717) is 12.8 Å². The molecule has 2 aliphatic rings. The number of likely N-dealkylation sites (tertiary alicyclic amines) is 1. The van der Waals surface area contributed by atoms with E-state index in [1.54, 1.807) is 20.8 Å². The van der Waals surface area contributed by atoms with Crippen molar-refractivity contribution in [3.05, 3.63) is 35.9 Å². The van der Waals surface area contributed by atoms with Crippen LogP contribution in [-0.4, -0.2) is 47.5 Å². The third-order valence-corrected chi connectivity index (χ3v) is 4.96. The summed E-state index contributed by atoms with van der Waals surface area (Å²) in [4.78, 5) is 25.8. The number of halogens is 1. The van der Waals surface area contributed by atoms with E-state index in [2.05, 4.69) is 5.32 Å². The molecule has 1 aromatic carbocycles. The van der Waals surface area contributed by atoms with E-state index in [9.17, 15) is 14.0 Å². The lowest BCUT2D eigenvalue weighted by Gasteiger charge is -2.27. The normalized spacial score (nSPS) is 23.6. The molecule has 1 saturated carbocycles. The quantitative estimate of drug-likeness (QED) is 0.868. The summed E-state index contributed by atoms with van der Waals surface area (Å²) in [5.41, 5.74) is -0.363. The average molecular weight is 378 g/mol. The number of hydrogen-bond acceptors (Lipinski definition) is 4. The summed E-state index contributed by atoms with van der Waals surface area (Å²) in [6.45, 7) is 5.71. The van der Waals surface area contributed by atoms with Gasteiger partial charge < -0.3 is 19.7 Å². The van der Waals surface area contributed by atoms with E-state index < -0.39 is 35.4 Å². The van der Waals surface area contributed by atoms with Gasteiger partial charge in [-0.3, -0.25) is 0 Å². The second-order valence-corrected chi connectivity index (χ2v) is 8.35. The van der Waals surface area contributed by atoms with Gasteiger partial charge in [-0.05, 0) is 39.2 Å². The summed E-state index contributed by atoms with van der Waals surface area (Å²) in [6.07, 6.45) is -0.907. The molecular weight excluding hydrogens is 351 g/mol. The van der Waals surface area contributed by atoms with Crippen molar-refractivity contribution in [1.82, 2.24) is 10.2 Å². The highest BCUT2D eigenvalue weighted by molar-refractivity contribution is 5.70. The van der Waals surface area contributed by atoms with E-state index in [-0.39, 0.29) is 19.7 Å². The molecule has 1 aliphatic heterocycles. The Morgan fingerprint density at radius 1 is 1.22 bits per heavy atom. The number of amides is 2. The molecule has 0 radical (unpaired) electrons. The number of hydrogen-bond donors (Lipinski definition) is 1. The van der Waals surface area contributed by atoms with Crippen LogP contribution in [-0.2, 0) is 16.1 Å². The molecule has 27 heavy (non-hydrogen) atoms. The van der Waals surface area contributed by atoms with Crippen LogP contribution < -0.4 is 5.32 Å². The monoisotopic (exact) mass is 378 g/mol. The zero-order chi connectivity index (χ0) is 19.7. The van der Waals surface area contributed by atoms with Crippen LogP contribution in [0.25, 0.3) is 0 Å². The van der Waals surface area contributed by atoms with Gasteiger partial charge in [-0.15, -0.1) is 0 Å². The van der Waals surface area contributed by atoms with Crippen LogP contribution in [0.1, 0.15) is 39.2 Å². The zero-order valence-corrected chi connectivity index (χ0v) is 16.0. The Bertz CT molecular complexity index is 685. The highest BCUT2D eigenvalue weighted by Gasteiger charge is 2.57. The Balaban J connectivity index is 1.54. The maximum atomic E-state index is 14.6. The zero-order valence-electron chi connectivity index (χ0n) is 16.0. The van der Waals surface area contributed by atoms with Gasteiger partial charge >= 0.3 is 12.2 Å². The van der Waals surface area contributed by atoms with Crippen LogP contribution in [0.4, 0.5) is 14.0 Å². The van der Waals surface area contributed by atoms with Crippen molar-refractivity contribution in [3.63, 3.8) is 0 Å². The Morgan fingerprint density at radius 2 is 1.89 bits per heavy atom. The molecule has 3 rings (SSSR count). The summed E-state index contributed by atoms with van der Waals surface area (Å²) >= 11 is 0. The number of rotatable bonds is 4. The highest BCUT2D eigenvalue weighted by Crippen LogP contribution is 2.47. The van der Waals surface area contributed by atoms with Gasteiger partial charge in [0.15, 0.2) is 0 Å². The van der Waals surface area contributed by atoms with Crippen LogP contribution in [0, 0.1) is 5.92 Å². The first-order valence-corrected chi connectivity index (χ1v) is 9.29. The van der Waals surface area contributed by atoms with Crippen LogP contribution in [0.2, 0.25) is 0 Å². The first-order valence-electron chi connectivity index (χ1n) is 9.29. The lowest BCUT2D eigenvalue weighted by molar-refractivity contribution is 0.0461. The number of benzene rings is 1. The van der Waals surface area contributed by atoms with Gasteiger partial charge in [0.2, 0.25) is 0 Å². The van der Waals surface area contributed by atoms with E-state index in [1.807, 2.05) is 30.3 Å². The maximum Gasteiger partial charge on any atom is 0.410 e.